The Kier molecular flexibility index (Phi) is 5.84. The predicted molar refractivity (Wildman–Crippen MR) is 136 cm³/mol. The number of nitrogens with two attached hydrogens (primary N) is 1. The average molecular weight is 508 g/mol. The van der Waals surface area contributed by atoms with Gasteiger partial charge in [-0.1, -0.05) is 47.2 Å². The molecule has 11 nitrogen and oxygen atoms in total. The number of anilines is 1. The molecule has 0 atom stereocenters. The lowest BCUT2D eigenvalue weighted by molar-refractivity contribution is -0.119. The molecule has 0 bridgehead atoms. The van der Waals surface area contributed by atoms with Crippen LogP contribution in [0.4, 0.5) is 5.69 Å². The molecule has 0 saturated carbocycles. The molecule has 4 aromatic rings. The van der Waals surface area contributed by atoms with Gasteiger partial charge in [0.1, 0.15) is 33.3 Å². The number of hydrogen-bond acceptors (Lipinski definition) is 9. The summed E-state index contributed by atoms with van der Waals surface area (Å²) in [6.07, 6.45) is 1.51. The molecule has 0 aliphatic carbocycles. The highest BCUT2D eigenvalue weighted by atomic mass is 32.3. The van der Waals surface area contributed by atoms with Gasteiger partial charge in [-0.15, -0.1) is 4.40 Å². The number of nitrogens with one attached hydrogen (secondary N) is 1. The highest BCUT2D eigenvalue weighted by Gasteiger charge is 2.32. The zero-order valence-electron chi connectivity index (χ0n) is 18.7. The maximum Gasteiger partial charge on any atom is 0.267 e. The molecule has 12 heteroatoms. The molecule has 1 aliphatic rings. The zero-order chi connectivity index (χ0) is 25.4. The van der Waals surface area contributed by atoms with Gasteiger partial charge in [0.15, 0.2) is 12.4 Å². The number of aromatic nitrogens is 2. The van der Waals surface area contributed by atoms with E-state index in [1.807, 2.05) is 30.3 Å². The third-order valence-corrected chi connectivity index (χ3v) is 6.90. The van der Waals surface area contributed by atoms with Crippen LogP contribution in [0.15, 0.2) is 80.9 Å². The van der Waals surface area contributed by atoms with E-state index in [9.17, 15) is 23.8 Å². The second kappa shape index (κ2) is 9.00. The lowest BCUT2D eigenvalue weighted by atomic mass is 10.1. The maximum atomic E-state index is 13.7. The number of rotatable bonds is 6. The Labute approximate surface area is 206 Å². The van der Waals surface area contributed by atoms with Crippen molar-refractivity contribution >= 4 is 39.2 Å². The molecule has 0 radical (unpaired) electrons. The van der Waals surface area contributed by atoms with Crippen molar-refractivity contribution in [2.45, 2.75) is 11.4 Å². The third-order valence-electron chi connectivity index (χ3n) is 5.53. The summed E-state index contributed by atoms with van der Waals surface area (Å²) in [5, 5.41) is 14.3. The summed E-state index contributed by atoms with van der Waals surface area (Å²) in [4.78, 5) is 29.2. The molecule has 2 aromatic heterocycles. The molecule has 1 aliphatic heterocycles. The van der Waals surface area contributed by atoms with Crippen molar-refractivity contribution in [2.24, 2.45) is 10.1 Å². The molecule has 0 fully saturated rings. The second-order valence-corrected chi connectivity index (χ2v) is 9.60. The number of aromatic hydroxyl groups is 1. The van der Waals surface area contributed by atoms with Crippen molar-refractivity contribution in [3.05, 3.63) is 88.3 Å². The molecule has 0 unspecified atom stereocenters. The van der Waals surface area contributed by atoms with E-state index in [1.54, 1.807) is 12.1 Å². The molecule has 0 spiro atoms. The largest absolute Gasteiger partial charge is 0.506 e. The molecule has 3 heterocycles. The fourth-order valence-corrected chi connectivity index (χ4v) is 5.12. The molecule has 184 valence electrons. The average Bonchev–Trinajstić information content (AvgIpc) is 2.86. The minimum Gasteiger partial charge on any atom is -0.506 e. The Morgan fingerprint density at radius 3 is 2.61 bits per heavy atom. The number of pyridine rings is 2. The monoisotopic (exact) mass is 507 g/mol. The number of hydrogen-bond donors (Lipinski definition) is 5. The van der Waals surface area contributed by atoms with Gasteiger partial charge in [0.2, 0.25) is 0 Å². The van der Waals surface area contributed by atoms with Crippen molar-refractivity contribution in [2.75, 3.05) is 11.9 Å². The van der Waals surface area contributed by atoms with Gasteiger partial charge in [0, 0.05) is 6.20 Å². The molecular weight excluding hydrogens is 486 g/mol. The molecule has 0 saturated heterocycles. The van der Waals surface area contributed by atoms with Crippen LogP contribution >= 0.6 is 10.8 Å². The summed E-state index contributed by atoms with van der Waals surface area (Å²) in [5.74, 6) is -1.34. The van der Waals surface area contributed by atoms with Crippen LogP contribution in [-0.2, 0) is 11.3 Å². The smallest absolute Gasteiger partial charge is 0.267 e. The van der Waals surface area contributed by atoms with Crippen LogP contribution in [0, 0.1) is 0 Å². The van der Waals surface area contributed by atoms with Crippen LogP contribution in [0.2, 0.25) is 0 Å². The van der Waals surface area contributed by atoms with Crippen molar-refractivity contribution in [1.82, 2.24) is 9.55 Å². The molecular formula is C24H21N5O6S. The van der Waals surface area contributed by atoms with E-state index < -0.39 is 34.6 Å². The molecule has 2 aromatic carbocycles. The number of ether oxygens (including phenoxy) is 1. The Morgan fingerprint density at radius 1 is 1.08 bits per heavy atom. The molecule has 1 amide bonds. The number of amides is 1. The SMILES string of the molecule is NC(=O)COc1cccc2c1NC(c1c(O)c3cccnc3n(Cc3ccccc3)c1=O)=NS2(O)O. The van der Waals surface area contributed by atoms with E-state index in [0.717, 1.165) is 5.56 Å². The number of nitrogens with zero attached hydrogens (tertiary/aromatic N) is 3. The van der Waals surface area contributed by atoms with Crippen LogP contribution in [0.3, 0.4) is 0 Å². The number of fused-ring (bicyclic) bond motifs is 2. The fraction of sp³-hybridized carbons (Fsp3) is 0.0833. The van der Waals surface area contributed by atoms with E-state index in [2.05, 4.69) is 14.7 Å². The molecule has 5 rings (SSSR count). The normalized spacial score (nSPS) is 14.9. The Balaban J connectivity index is 1.70. The lowest BCUT2D eigenvalue weighted by Crippen LogP contribution is -2.33. The van der Waals surface area contributed by atoms with Crippen LogP contribution in [0.25, 0.3) is 11.0 Å². The maximum absolute atomic E-state index is 13.7. The first-order valence-corrected chi connectivity index (χ1v) is 12.2. The van der Waals surface area contributed by atoms with Gasteiger partial charge in [-0.25, -0.2) is 4.98 Å². The van der Waals surface area contributed by atoms with E-state index in [1.165, 1.54) is 29.0 Å². The van der Waals surface area contributed by atoms with Crippen LogP contribution in [-0.4, -0.2) is 42.1 Å². The number of benzene rings is 2. The zero-order valence-corrected chi connectivity index (χ0v) is 19.5. The van der Waals surface area contributed by atoms with Gasteiger partial charge in [0.25, 0.3) is 11.5 Å². The highest BCUT2D eigenvalue weighted by Crippen LogP contribution is 2.57. The van der Waals surface area contributed by atoms with Gasteiger partial charge in [-0.2, -0.15) is 0 Å². The van der Waals surface area contributed by atoms with Gasteiger partial charge >= 0.3 is 0 Å². The van der Waals surface area contributed by atoms with Gasteiger partial charge in [-0.3, -0.25) is 23.3 Å². The number of carbonyl (C=O) groups excluding carboxylic acids is 1. The fourth-order valence-electron chi connectivity index (χ4n) is 3.95. The summed E-state index contributed by atoms with van der Waals surface area (Å²) < 4.78 is 32.4. The van der Waals surface area contributed by atoms with E-state index >= 15 is 0 Å². The van der Waals surface area contributed by atoms with Gasteiger partial charge in [0.05, 0.1) is 11.9 Å². The second-order valence-electron chi connectivity index (χ2n) is 7.94. The number of carbonyl (C=O) groups is 1. The van der Waals surface area contributed by atoms with Gasteiger partial charge < -0.3 is 20.9 Å². The van der Waals surface area contributed by atoms with Crippen molar-refractivity contribution in [3.8, 4) is 11.5 Å². The Morgan fingerprint density at radius 2 is 1.86 bits per heavy atom. The first-order chi connectivity index (χ1) is 17.3. The summed E-state index contributed by atoms with van der Waals surface area (Å²) >= 11 is 0. The van der Waals surface area contributed by atoms with Crippen LogP contribution in [0.5, 0.6) is 11.5 Å². The summed E-state index contributed by atoms with van der Waals surface area (Å²) in [6, 6.07) is 16.8. The van der Waals surface area contributed by atoms with E-state index in [0.29, 0.717) is 0 Å². The minimum absolute atomic E-state index is 0.000206. The number of primary amides is 1. The van der Waals surface area contributed by atoms with Crippen molar-refractivity contribution in [3.63, 3.8) is 0 Å². The number of para-hydroxylation sites is 1. The standard InChI is InChI=1S/C24H21N5O6S/c25-18(30)13-35-16-9-4-10-17-20(16)27-22(28-36(17,33)34)19-21(31)15-8-5-11-26-23(15)29(24(19)32)12-14-6-2-1-3-7-14/h1-11,31,33-34H,12-13H2,(H2,25,30)(H,27,28). The third kappa shape index (κ3) is 4.13. The first-order valence-electron chi connectivity index (χ1n) is 10.7. The number of amidine groups is 1. The van der Waals surface area contributed by atoms with Crippen molar-refractivity contribution < 1.29 is 23.7 Å². The topological polar surface area (TPSA) is 172 Å². The van der Waals surface area contributed by atoms with E-state index in [-0.39, 0.29) is 45.3 Å². The summed E-state index contributed by atoms with van der Waals surface area (Å²) in [5.41, 5.74) is 5.41. The Bertz CT molecular complexity index is 1590. The first kappa shape index (κ1) is 23.4. The van der Waals surface area contributed by atoms with Crippen LogP contribution < -0.4 is 21.3 Å². The van der Waals surface area contributed by atoms with Crippen molar-refractivity contribution in [1.29, 1.82) is 0 Å². The van der Waals surface area contributed by atoms with E-state index in [4.69, 9.17) is 10.5 Å². The van der Waals surface area contributed by atoms with Crippen LogP contribution in [0.1, 0.15) is 11.1 Å². The summed E-state index contributed by atoms with van der Waals surface area (Å²) in [6.45, 7) is -0.311. The minimum atomic E-state index is -3.80. The highest BCUT2D eigenvalue weighted by molar-refractivity contribution is 8.23. The van der Waals surface area contributed by atoms with Gasteiger partial charge in [-0.05, 0) is 29.8 Å². The summed E-state index contributed by atoms with van der Waals surface area (Å²) in [7, 11) is -3.80. The molecule has 36 heavy (non-hydrogen) atoms. The lowest BCUT2D eigenvalue weighted by Gasteiger charge is -2.34. The quantitative estimate of drug-likeness (QED) is 0.265. The predicted octanol–water partition coefficient (Wildman–Crippen LogP) is 2.91. The Hall–Kier alpha value is -4.39. The molecule has 6 N–H and O–H groups in total.